The number of anilines is 2. The minimum atomic E-state index is -3.75. The van der Waals surface area contributed by atoms with Gasteiger partial charge in [-0.2, -0.15) is 0 Å². The number of fused-ring (bicyclic) bond motifs is 2. The Morgan fingerprint density at radius 1 is 0.897 bits per heavy atom. The van der Waals surface area contributed by atoms with E-state index in [9.17, 15) is 8.42 Å². The first-order valence-electron chi connectivity index (χ1n) is 9.73. The second-order valence-corrected chi connectivity index (χ2v) is 9.39. The van der Waals surface area contributed by atoms with Crippen molar-refractivity contribution in [2.75, 3.05) is 15.7 Å². The smallest absolute Gasteiger partial charge is 0.268 e. The highest BCUT2D eigenvalue weighted by Gasteiger charge is 2.43. The van der Waals surface area contributed by atoms with Crippen molar-refractivity contribution in [3.05, 3.63) is 102 Å². The molecule has 0 aliphatic carbocycles. The molecule has 5 rings (SSSR count). The molecule has 0 bridgehead atoms. The number of nitrogens with zero attached hydrogens (tertiary/aromatic N) is 2. The summed E-state index contributed by atoms with van der Waals surface area (Å²) >= 11 is 0. The van der Waals surface area contributed by atoms with Crippen LogP contribution in [0.3, 0.4) is 0 Å². The van der Waals surface area contributed by atoms with Gasteiger partial charge in [-0.15, -0.1) is 0 Å². The summed E-state index contributed by atoms with van der Waals surface area (Å²) < 4.78 is 28.6. The molecule has 0 fully saturated rings. The molecule has 0 saturated heterocycles. The summed E-state index contributed by atoms with van der Waals surface area (Å²) in [4.78, 5) is 2.56. The van der Waals surface area contributed by atoms with Crippen molar-refractivity contribution in [1.29, 1.82) is 0 Å². The summed E-state index contributed by atoms with van der Waals surface area (Å²) in [5.41, 5.74) is 5.71. The lowest BCUT2D eigenvalue weighted by Crippen LogP contribution is -2.32. The lowest BCUT2D eigenvalue weighted by Gasteiger charge is -2.29. The first-order chi connectivity index (χ1) is 14.0. The molecule has 0 amide bonds. The van der Waals surface area contributed by atoms with Gasteiger partial charge in [0.05, 0.1) is 22.3 Å². The van der Waals surface area contributed by atoms with Gasteiger partial charge >= 0.3 is 0 Å². The van der Waals surface area contributed by atoms with Crippen molar-refractivity contribution in [2.24, 2.45) is 0 Å². The maximum absolute atomic E-state index is 13.6. The molecule has 1 atom stereocenters. The molecular weight excluding hydrogens is 380 g/mol. The molecule has 2 aliphatic heterocycles. The van der Waals surface area contributed by atoms with Crippen molar-refractivity contribution < 1.29 is 8.42 Å². The quantitative estimate of drug-likeness (QED) is 0.631. The van der Waals surface area contributed by atoms with Gasteiger partial charge in [-0.25, -0.2) is 12.7 Å². The van der Waals surface area contributed by atoms with Crippen LogP contribution >= 0.6 is 0 Å². The van der Waals surface area contributed by atoms with Gasteiger partial charge in [0.25, 0.3) is 10.0 Å². The fourth-order valence-corrected chi connectivity index (χ4v) is 5.95. The molecule has 0 spiro atoms. The molecule has 0 saturated carbocycles. The van der Waals surface area contributed by atoms with E-state index >= 15 is 0 Å². The van der Waals surface area contributed by atoms with Crippen LogP contribution in [-0.4, -0.2) is 15.0 Å². The predicted octanol–water partition coefficient (Wildman–Crippen LogP) is 4.82. The zero-order valence-electron chi connectivity index (χ0n) is 16.2. The lowest BCUT2D eigenvalue weighted by molar-refractivity contribution is 0.593. The van der Waals surface area contributed by atoms with Crippen LogP contribution in [0.1, 0.15) is 22.7 Å². The van der Waals surface area contributed by atoms with Crippen LogP contribution in [0.2, 0.25) is 0 Å². The molecule has 0 N–H and O–H groups in total. The van der Waals surface area contributed by atoms with Gasteiger partial charge in [0.2, 0.25) is 0 Å². The minimum absolute atomic E-state index is 0.199. The van der Waals surface area contributed by atoms with Crippen LogP contribution in [0.25, 0.3) is 0 Å². The fourth-order valence-electron chi connectivity index (χ4n) is 4.43. The second kappa shape index (κ2) is 6.49. The maximum atomic E-state index is 13.6. The van der Waals surface area contributed by atoms with E-state index in [-0.39, 0.29) is 10.9 Å². The predicted molar refractivity (Wildman–Crippen MR) is 117 cm³/mol. The zero-order valence-corrected chi connectivity index (χ0v) is 17.1. The van der Waals surface area contributed by atoms with Crippen LogP contribution in [0.5, 0.6) is 0 Å². The van der Waals surface area contributed by atoms with E-state index in [1.165, 1.54) is 9.87 Å². The van der Waals surface area contributed by atoms with Crippen molar-refractivity contribution in [1.82, 2.24) is 0 Å². The van der Waals surface area contributed by atoms with E-state index in [1.807, 2.05) is 55.5 Å². The molecule has 5 heteroatoms. The lowest BCUT2D eigenvalue weighted by atomic mass is 10.1. The molecule has 3 aromatic carbocycles. The topological polar surface area (TPSA) is 40.6 Å². The Morgan fingerprint density at radius 2 is 1.55 bits per heavy atom. The summed E-state index contributed by atoms with van der Waals surface area (Å²) in [6.07, 6.45) is 0.951. The number of sulfonamides is 1. The number of benzene rings is 3. The summed E-state index contributed by atoms with van der Waals surface area (Å²) in [5, 5.41) is 0. The Hall–Kier alpha value is -3.05. The first kappa shape index (κ1) is 18.0. The Morgan fingerprint density at radius 3 is 2.31 bits per heavy atom. The molecule has 0 radical (unpaired) electrons. The normalized spacial score (nSPS) is 18.1. The second-order valence-electron chi connectivity index (χ2n) is 7.61. The molecular formula is C24H22N2O2S. The Bertz CT molecular complexity index is 1220. The van der Waals surface area contributed by atoms with Crippen LogP contribution in [-0.2, 0) is 16.4 Å². The molecule has 2 aliphatic rings. The third kappa shape index (κ3) is 2.69. The summed E-state index contributed by atoms with van der Waals surface area (Å²) in [6.45, 7) is 7.05. The first-order valence-corrected chi connectivity index (χ1v) is 11.2. The molecule has 2 heterocycles. The third-order valence-corrected chi connectivity index (χ3v) is 7.60. The highest BCUT2D eigenvalue weighted by Crippen LogP contribution is 2.50. The van der Waals surface area contributed by atoms with Crippen molar-refractivity contribution in [2.45, 2.75) is 24.3 Å². The van der Waals surface area contributed by atoms with E-state index in [0.717, 1.165) is 29.8 Å². The van der Waals surface area contributed by atoms with Crippen molar-refractivity contribution >= 4 is 21.4 Å². The standard InChI is InChI=1S/C24H22N2O2S/c1-17-11-13-20(14-12-17)29(27,28)26-18(2)24(21-8-4-6-10-23(21)26)25-16-15-19-7-3-5-9-22(19)25/h3-14,24H,2,15-16H2,1H3. The largest absolute Gasteiger partial charge is 0.358 e. The van der Waals surface area contributed by atoms with E-state index < -0.39 is 10.0 Å². The van der Waals surface area contributed by atoms with E-state index in [1.54, 1.807) is 12.1 Å². The number of hydrogen-bond acceptors (Lipinski definition) is 3. The number of para-hydroxylation sites is 2. The van der Waals surface area contributed by atoms with Gasteiger partial charge in [0, 0.05) is 17.8 Å². The van der Waals surface area contributed by atoms with Crippen LogP contribution < -0.4 is 9.21 Å². The van der Waals surface area contributed by atoms with Gasteiger partial charge in [0.1, 0.15) is 0 Å². The van der Waals surface area contributed by atoms with Crippen LogP contribution in [0.4, 0.5) is 11.4 Å². The fraction of sp³-hybridized carbons (Fsp3) is 0.167. The molecule has 1 unspecified atom stereocenters. The molecule has 4 nitrogen and oxygen atoms in total. The SMILES string of the molecule is C=C1C(N2CCc3ccccc32)c2ccccc2N1S(=O)(=O)c1ccc(C)cc1. The Kier molecular flexibility index (Phi) is 4.03. The summed E-state index contributed by atoms with van der Waals surface area (Å²) in [7, 11) is -3.75. The minimum Gasteiger partial charge on any atom is -0.358 e. The van der Waals surface area contributed by atoms with Gasteiger partial charge in [-0.1, -0.05) is 60.7 Å². The van der Waals surface area contributed by atoms with E-state index in [2.05, 4.69) is 23.6 Å². The number of hydrogen-bond donors (Lipinski definition) is 0. The zero-order chi connectivity index (χ0) is 20.2. The van der Waals surface area contributed by atoms with Crippen LogP contribution in [0, 0.1) is 6.92 Å². The van der Waals surface area contributed by atoms with E-state index in [0.29, 0.717) is 11.4 Å². The maximum Gasteiger partial charge on any atom is 0.268 e. The average Bonchev–Trinajstić information content (AvgIpc) is 3.26. The Labute approximate surface area is 171 Å². The summed E-state index contributed by atoms with van der Waals surface area (Å²) in [5.74, 6) is 0. The van der Waals surface area contributed by atoms with Gasteiger partial charge in [-0.3, -0.25) is 0 Å². The highest BCUT2D eigenvalue weighted by atomic mass is 32.2. The summed E-state index contributed by atoms with van der Waals surface area (Å²) in [6, 6.07) is 22.8. The molecule has 0 aromatic heterocycles. The number of rotatable bonds is 3. The third-order valence-electron chi connectivity index (χ3n) is 5.82. The average molecular weight is 403 g/mol. The van der Waals surface area contributed by atoms with Gasteiger partial charge in [-0.05, 0) is 43.2 Å². The highest BCUT2D eigenvalue weighted by molar-refractivity contribution is 7.93. The van der Waals surface area contributed by atoms with Crippen LogP contribution in [0.15, 0.2) is 90.0 Å². The monoisotopic (exact) mass is 402 g/mol. The van der Waals surface area contributed by atoms with E-state index in [4.69, 9.17) is 0 Å². The van der Waals surface area contributed by atoms with Gasteiger partial charge < -0.3 is 4.90 Å². The van der Waals surface area contributed by atoms with Crippen molar-refractivity contribution in [3.8, 4) is 0 Å². The molecule has 3 aromatic rings. The molecule has 29 heavy (non-hydrogen) atoms. The number of aryl methyl sites for hydroxylation is 1. The Balaban J connectivity index is 1.63. The van der Waals surface area contributed by atoms with Gasteiger partial charge in [0.15, 0.2) is 0 Å². The van der Waals surface area contributed by atoms with Crippen molar-refractivity contribution in [3.63, 3.8) is 0 Å². The molecule has 146 valence electrons.